The van der Waals surface area contributed by atoms with Gasteiger partial charge in [0.15, 0.2) is 23.1 Å². The number of aromatic hydroxyl groups is 1. The zero-order valence-corrected chi connectivity index (χ0v) is 17.0. The van der Waals surface area contributed by atoms with Crippen molar-refractivity contribution < 1.29 is 33.0 Å². The van der Waals surface area contributed by atoms with Gasteiger partial charge in [0.25, 0.3) is 11.8 Å². The number of halogens is 3. The van der Waals surface area contributed by atoms with Crippen LogP contribution in [-0.2, 0) is 6.54 Å². The summed E-state index contributed by atoms with van der Waals surface area (Å²) in [7, 11) is 0. The molecule has 2 amide bonds. The monoisotopic (exact) mass is 452 g/mol. The number of aromatic nitrogens is 1. The lowest BCUT2D eigenvalue weighted by Crippen LogP contribution is -2.59. The van der Waals surface area contributed by atoms with E-state index in [2.05, 4.69) is 5.32 Å². The van der Waals surface area contributed by atoms with Gasteiger partial charge < -0.3 is 20.4 Å². The molecule has 0 spiro atoms. The lowest BCUT2D eigenvalue weighted by Gasteiger charge is -2.42. The Morgan fingerprint density at radius 2 is 1.88 bits per heavy atom. The van der Waals surface area contributed by atoms with E-state index in [1.54, 1.807) is 13.8 Å². The standard InChI is InChI=1S/C20H19F3N4O5/c1-3-25-8(2)26-7-12(28)15-13(17(29)18(30)16(20(25)32)27(15)26)19(31)24-6-9-10(21)4-5-11(22)14(9)23/h4-5,8,12,28,30H,3,6-7H2,1-2H3,(H,24,31). The molecule has 4 rings (SSSR count). The Kier molecular flexibility index (Phi) is 5.12. The Labute approximate surface area is 179 Å². The topological polar surface area (TPSA) is 115 Å². The van der Waals surface area contributed by atoms with Crippen LogP contribution >= 0.6 is 0 Å². The van der Waals surface area contributed by atoms with Crippen molar-refractivity contribution in [3.05, 3.63) is 62.3 Å². The lowest BCUT2D eigenvalue weighted by molar-refractivity contribution is 0.0607. The van der Waals surface area contributed by atoms with E-state index in [1.807, 2.05) is 0 Å². The first-order valence-electron chi connectivity index (χ1n) is 9.78. The molecule has 1 aromatic carbocycles. The van der Waals surface area contributed by atoms with E-state index in [0.717, 1.165) is 4.68 Å². The number of nitrogens with zero attached hydrogens (tertiary/aromatic N) is 3. The van der Waals surface area contributed by atoms with Gasteiger partial charge in [-0.1, -0.05) is 0 Å². The van der Waals surface area contributed by atoms with Crippen LogP contribution in [0.25, 0.3) is 0 Å². The molecular formula is C20H19F3N4O5. The summed E-state index contributed by atoms with van der Waals surface area (Å²) < 4.78 is 42.3. The van der Waals surface area contributed by atoms with E-state index in [4.69, 9.17) is 0 Å². The molecular weight excluding hydrogens is 433 g/mol. The summed E-state index contributed by atoms with van der Waals surface area (Å²) in [5, 5.41) is 24.7. The molecule has 2 unspecified atom stereocenters. The maximum Gasteiger partial charge on any atom is 0.278 e. The van der Waals surface area contributed by atoms with Gasteiger partial charge in [-0.3, -0.25) is 19.4 Å². The SMILES string of the molecule is CCN1C(=O)c2c(O)c(=O)c(C(=O)NCc3c(F)ccc(F)c3F)c3n2N(CC3O)C1C. The van der Waals surface area contributed by atoms with Gasteiger partial charge in [0.2, 0.25) is 5.43 Å². The number of hydrogen-bond acceptors (Lipinski definition) is 6. The largest absolute Gasteiger partial charge is 0.502 e. The molecule has 9 nitrogen and oxygen atoms in total. The second kappa shape index (κ2) is 7.55. The van der Waals surface area contributed by atoms with E-state index >= 15 is 0 Å². The predicted molar refractivity (Wildman–Crippen MR) is 104 cm³/mol. The highest BCUT2D eigenvalue weighted by Gasteiger charge is 2.46. The van der Waals surface area contributed by atoms with Gasteiger partial charge in [-0.05, 0) is 26.0 Å². The van der Waals surface area contributed by atoms with Gasteiger partial charge in [0, 0.05) is 18.7 Å². The van der Waals surface area contributed by atoms with Gasteiger partial charge in [-0.15, -0.1) is 0 Å². The molecule has 0 aliphatic carbocycles. The molecule has 1 aromatic heterocycles. The van der Waals surface area contributed by atoms with Crippen molar-refractivity contribution in [2.24, 2.45) is 0 Å². The first-order valence-corrected chi connectivity index (χ1v) is 9.78. The summed E-state index contributed by atoms with van der Waals surface area (Å²) >= 11 is 0. The zero-order valence-electron chi connectivity index (χ0n) is 17.0. The molecule has 170 valence electrons. The number of carbonyl (C=O) groups excluding carboxylic acids is 2. The summed E-state index contributed by atoms with van der Waals surface area (Å²) in [5.74, 6) is -6.72. The van der Waals surface area contributed by atoms with Gasteiger partial charge in [-0.25, -0.2) is 17.8 Å². The van der Waals surface area contributed by atoms with Gasteiger partial charge in [-0.2, -0.15) is 0 Å². The van der Waals surface area contributed by atoms with Crippen LogP contribution in [0.15, 0.2) is 16.9 Å². The van der Waals surface area contributed by atoms with E-state index in [9.17, 15) is 37.8 Å². The van der Waals surface area contributed by atoms with E-state index < -0.39 is 70.4 Å². The first kappa shape index (κ1) is 21.7. The molecule has 0 fully saturated rings. The Hall–Kier alpha value is -3.54. The van der Waals surface area contributed by atoms with Crippen molar-refractivity contribution in [3.8, 4) is 5.75 Å². The van der Waals surface area contributed by atoms with E-state index in [-0.39, 0.29) is 24.5 Å². The number of rotatable bonds is 4. The molecule has 0 radical (unpaired) electrons. The minimum absolute atomic E-state index is 0.0751. The quantitative estimate of drug-likeness (QED) is 0.589. The average Bonchev–Trinajstić information content (AvgIpc) is 3.08. The number of carbonyl (C=O) groups is 2. The normalized spacial score (nSPS) is 19.4. The fourth-order valence-corrected chi connectivity index (χ4v) is 4.18. The number of nitrogens with one attached hydrogen (secondary N) is 1. The van der Waals surface area contributed by atoms with Gasteiger partial charge in [0.1, 0.15) is 23.7 Å². The molecule has 0 saturated carbocycles. The van der Waals surface area contributed by atoms with Gasteiger partial charge in [0.05, 0.1) is 12.2 Å². The highest BCUT2D eigenvalue weighted by atomic mass is 19.2. The number of aliphatic hydroxyl groups excluding tert-OH is 1. The summed E-state index contributed by atoms with van der Waals surface area (Å²) in [6, 6.07) is 1.28. The number of hydrogen-bond donors (Lipinski definition) is 3. The minimum Gasteiger partial charge on any atom is -0.502 e. The van der Waals surface area contributed by atoms with Crippen molar-refractivity contribution in [3.63, 3.8) is 0 Å². The van der Waals surface area contributed by atoms with Crippen LogP contribution in [-0.4, -0.2) is 50.9 Å². The molecule has 2 aromatic rings. The molecule has 0 bridgehead atoms. The van der Waals surface area contributed by atoms with Crippen LogP contribution in [0.4, 0.5) is 13.2 Å². The van der Waals surface area contributed by atoms with Crippen LogP contribution in [0.3, 0.4) is 0 Å². The van der Waals surface area contributed by atoms with Crippen molar-refractivity contribution in [2.45, 2.75) is 32.7 Å². The first-order chi connectivity index (χ1) is 15.1. The van der Waals surface area contributed by atoms with Crippen molar-refractivity contribution >= 4 is 11.8 Å². The third-order valence-corrected chi connectivity index (χ3v) is 5.77. The Balaban J connectivity index is 1.79. The number of pyridine rings is 1. The minimum atomic E-state index is -1.50. The van der Waals surface area contributed by atoms with Crippen LogP contribution in [0, 0.1) is 17.5 Å². The third kappa shape index (κ3) is 2.93. The third-order valence-electron chi connectivity index (χ3n) is 5.77. The molecule has 2 aliphatic heterocycles. The second-order valence-electron chi connectivity index (χ2n) is 7.46. The number of amides is 2. The van der Waals surface area contributed by atoms with Crippen molar-refractivity contribution in [2.75, 3.05) is 18.1 Å². The van der Waals surface area contributed by atoms with E-state index in [1.165, 1.54) is 9.91 Å². The molecule has 3 N–H and O–H groups in total. The summed E-state index contributed by atoms with van der Waals surface area (Å²) in [4.78, 5) is 39.8. The van der Waals surface area contributed by atoms with Crippen LogP contribution < -0.4 is 15.8 Å². The molecule has 0 saturated heterocycles. The molecule has 32 heavy (non-hydrogen) atoms. The highest BCUT2D eigenvalue weighted by Crippen LogP contribution is 2.35. The highest BCUT2D eigenvalue weighted by molar-refractivity contribution is 6.01. The molecule has 12 heteroatoms. The maximum absolute atomic E-state index is 13.9. The smallest absolute Gasteiger partial charge is 0.278 e. The van der Waals surface area contributed by atoms with Crippen LogP contribution in [0.2, 0.25) is 0 Å². The summed E-state index contributed by atoms with van der Waals surface area (Å²) in [6.45, 7) is 2.78. The zero-order chi connectivity index (χ0) is 23.5. The molecule has 3 heterocycles. The Morgan fingerprint density at radius 1 is 1.22 bits per heavy atom. The predicted octanol–water partition coefficient (Wildman–Crippen LogP) is 0.708. The fraction of sp³-hybridized carbons (Fsp3) is 0.350. The molecule has 2 atom stereocenters. The van der Waals surface area contributed by atoms with Crippen molar-refractivity contribution in [1.29, 1.82) is 0 Å². The second-order valence-corrected chi connectivity index (χ2v) is 7.46. The van der Waals surface area contributed by atoms with E-state index in [0.29, 0.717) is 12.1 Å². The summed E-state index contributed by atoms with van der Waals surface area (Å²) in [6.07, 6.45) is -1.92. The van der Waals surface area contributed by atoms with Crippen LogP contribution in [0.1, 0.15) is 52.1 Å². The average molecular weight is 452 g/mol. The Morgan fingerprint density at radius 3 is 2.53 bits per heavy atom. The number of aliphatic hydroxyl groups is 1. The fourth-order valence-electron chi connectivity index (χ4n) is 4.18. The molecule has 2 aliphatic rings. The Bertz CT molecular complexity index is 1210. The lowest BCUT2D eigenvalue weighted by atomic mass is 10.1. The number of benzene rings is 1. The van der Waals surface area contributed by atoms with Crippen LogP contribution in [0.5, 0.6) is 5.75 Å². The maximum atomic E-state index is 13.9. The van der Waals surface area contributed by atoms with Gasteiger partial charge >= 0.3 is 0 Å². The summed E-state index contributed by atoms with van der Waals surface area (Å²) in [5.41, 5.74) is -3.27. The van der Waals surface area contributed by atoms with Crippen molar-refractivity contribution in [1.82, 2.24) is 14.9 Å².